The van der Waals surface area contributed by atoms with Gasteiger partial charge in [0.15, 0.2) is 0 Å². The Morgan fingerprint density at radius 2 is 2.08 bits per heavy atom. The summed E-state index contributed by atoms with van der Waals surface area (Å²) in [6, 6.07) is 8.39. The summed E-state index contributed by atoms with van der Waals surface area (Å²) in [7, 11) is 0. The lowest BCUT2D eigenvalue weighted by atomic mass is 9.92. The normalized spacial score (nSPS) is 18.2. The van der Waals surface area contributed by atoms with Crippen molar-refractivity contribution in [3.63, 3.8) is 0 Å². The van der Waals surface area contributed by atoms with Gasteiger partial charge in [-0.15, -0.1) is 11.3 Å². The Kier molecular flexibility index (Phi) is 4.04. The maximum absolute atomic E-state index is 12.1. The standard InChI is InChI=1S/C19H23N3OS/c1-13-4-2-3-5-16(13)19(8-9-19)12-21-18(23)20-10-15-11-24-17(22-15)14-6-7-14/h2-5,11,14H,6-10,12H2,1H3,(H2,20,21,23). The Balaban J connectivity index is 1.28. The zero-order valence-corrected chi connectivity index (χ0v) is 14.8. The van der Waals surface area contributed by atoms with Crippen molar-refractivity contribution in [3.8, 4) is 0 Å². The van der Waals surface area contributed by atoms with E-state index >= 15 is 0 Å². The molecule has 0 unspecified atom stereocenters. The number of nitrogens with one attached hydrogen (secondary N) is 2. The number of hydrogen-bond donors (Lipinski definition) is 2. The van der Waals surface area contributed by atoms with Crippen LogP contribution in [0.25, 0.3) is 0 Å². The molecule has 0 bridgehead atoms. The molecular weight excluding hydrogens is 318 g/mol. The monoisotopic (exact) mass is 341 g/mol. The van der Waals surface area contributed by atoms with Crippen molar-refractivity contribution in [2.45, 2.75) is 50.5 Å². The summed E-state index contributed by atoms with van der Waals surface area (Å²) >= 11 is 1.72. The van der Waals surface area contributed by atoms with E-state index in [-0.39, 0.29) is 11.4 Å². The molecule has 2 N–H and O–H groups in total. The average Bonchev–Trinajstić information content (AvgIpc) is 3.51. The number of amides is 2. The average molecular weight is 341 g/mol. The minimum atomic E-state index is -0.101. The van der Waals surface area contributed by atoms with Crippen molar-refractivity contribution in [1.82, 2.24) is 15.6 Å². The number of aryl methyl sites for hydroxylation is 1. The molecule has 5 heteroatoms. The number of thiazole rings is 1. The van der Waals surface area contributed by atoms with E-state index in [1.54, 1.807) is 11.3 Å². The number of hydrogen-bond acceptors (Lipinski definition) is 3. The Bertz CT molecular complexity index is 747. The molecule has 0 atom stereocenters. The maximum atomic E-state index is 12.1. The van der Waals surface area contributed by atoms with Crippen LogP contribution in [0.4, 0.5) is 4.79 Å². The van der Waals surface area contributed by atoms with Crippen LogP contribution in [0, 0.1) is 6.92 Å². The molecule has 24 heavy (non-hydrogen) atoms. The SMILES string of the molecule is Cc1ccccc1C1(CNC(=O)NCc2csc(C3CC3)n2)CC1. The molecule has 4 nitrogen and oxygen atoms in total. The molecule has 0 radical (unpaired) electrons. The molecule has 126 valence electrons. The van der Waals surface area contributed by atoms with Crippen molar-refractivity contribution < 1.29 is 4.79 Å². The van der Waals surface area contributed by atoms with Crippen LogP contribution in [-0.4, -0.2) is 17.6 Å². The number of rotatable bonds is 6. The van der Waals surface area contributed by atoms with Gasteiger partial charge in [-0.2, -0.15) is 0 Å². The highest BCUT2D eigenvalue weighted by Crippen LogP contribution is 2.48. The Morgan fingerprint density at radius 1 is 1.29 bits per heavy atom. The lowest BCUT2D eigenvalue weighted by Gasteiger charge is -2.19. The number of urea groups is 1. The lowest BCUT2D eigenvalue weighted by Crippen LogP contribution is -2.39. The van der Waals surface area contributed by atoms with E-state index in [9.17, 15) is 4.79 Å². The summed E-state index contributed by atoms with van der Waals surface area (Å²) in [6.45, 7) is 3.36. The van der Waals surface area contributed by atoms with Crippen LogP contribution in [0.5, 0.6) is 0 Å². The molecule has 2 saturated carbocycles. The predicted molar refractivity (Wildman–Crippen MR) is 96.4 cm³/mol. The first-order chi connectivity index (χ1) is 11.7. The third-order valence-corrected chi connectivity index (χ3v) is 6.14. The molecule has 0 saturated heterocycles. The molecule has 1 aromatic carbocycles. The maximum Gasteiger partial charge on any atom is 0.315 e. The van der Waals surface area contributed by atoms with E-state index < -0.39 is 0 Å². The summed E-state index contributed by atoms with van der Waals surface area (Å²) in [4.78, 5) is 16.7. The number of nitrogens with zero attached hydrogens (tertiary/aromatic N) is 1. The minimum absolute atomic E-state index is 0.101. The molecule has 2 aliphatic rings. The number of benzene rings is 1. The third-order valence-electron chi connectivity index (χ3n) is 5.08. The summed E-state index contributed by atoms with van der Waals surface area (Å²) in [5.74, 6) is 0.682. The predicted octanol–water partition coefficient (Wildman–Crippen LogP) is 3.86. The van der Waals surface area contributed by atoms with Crippen molar-refractivity contribution in [2.75, 3.05) is 6.54 Å². The van der Waals surface area contributed by atoms with E-state index in [4.69, 9.17) is 0 Å². The Hall–Kier alpha value is -1.88. The first-order valence-corrected chi connectivity index (χ1v) is 9.56. The van der Waals surface area contributed by atoms with Gasteiger partial charge >= 0.3 is 6.03 Å². The molecule has 2 fully saturated rings. The van der Waals surface area contributed by atoms with Gasteiger partial charge in [0.05, 0.1) is 17.2 Å². The van der Waals surface area contributed by atoms with Crippen LogP contribution >= 0.6 is 11.3 Å². The van der Waals surface area contributed by atoms with E-state index in [1.165, 1.54) is 29.0 Å². The smallest absolute Gasteiger partial charge is 0.315 e. The minimum Gasteiger partial charge on any atom is -0.337 e. The number of carbonyl (C=O) groups excluding carboxylic acids is 1. The first-order valence-electron chi connectivity index (χ1n) is 8.68. The fraction of sp³-hybridized carbons (Fsp3) is 0.474. The van der Waals surface area contributed by atoms with Crippen LogP contribution in [-0.2, 0) is 12.0 Å². The van der Waals surface area contributed by atoms with Gasteiger partial charge in [0.2, 0.25) is 0 Å². The number of carbonyl (C=O) groups is 1. The van der Waals surface area contributed by atoms with Gasteiger partial charge in [-0.05, 0) is 43.7 Å². The third kappa shape index (κ3) is 3.31. The number of aromatic nitrogens is 1. The highest BCUT2D eigenvalue weighted by molar-refractivity contribution is 7.09. The second kappa shape index (κ2) is 6.20. The zero-order valence-electron chi connectivity index (χ0n) is 14.0. The molecule has 1 aromatic heterocycles. The molecule has 2 amide bonds. The zero-order chi connectivity index (χ0) is 16.6. The van der Waals surface area contributed by atoms with E-state index in [2.05, 4.69) is 52.2 Å². The fourth-order valence-electron chi connectivity index (χ4n) is 3.26. The van der Waals surface area contributed by atoms with Gasteiger partial charge in [-0.1, -0.05) is 24.3 Å². The molecule has 1 heterocycles. The quantitative estimate of drug-likeness (QED) is 0.838. The highest BCUT2D eigenvalue weighted by Gasteiger charge is 2.45. The Labute approximate surface area is 146 Å². The summed E-state index contributed by atoms with van der Waals surface area (Å²) < 4.78 is 0. The highest BCUT2D eigenvalue weighted by atomic mass is 32.1. The molecule has 0 spiro atoms. The van der Waals surface area contributed by atoms with E-state index in [0.717, 1.165) is 18.5 Å². The van der Waals surface area contributed by atoms with Crippen LogP contribution in [0.1, 0.15) is 53.4 Å². The lowest BCUT2D eigenvalue weighted by molar-refractivity contribution is 0.239. The van der Waals surface area contributed by atoms with Gasteiger partial charge in [0.25, 0.3) is 0 Å². The van der Waals surface area contributed by atoms with Gasteiger partial charge in [0.1, 0.15) is 0 Å². The summed E-state index contributed by atoms with van der Waals surface area (Å²) in [6.07, 6.45) is 4.83. The molecule has 2 aromatic rings. The van der Waals surface area contributed by atoms with Gasteiger partial charge in [-0.3, -0.25) is 0 Å². The summed E-state index contributed by atoms with van der Waals surface area (Å²) in [5.41, 5.74) is 3.80. The van der Waals surface area contributed by atoms with E-state index in [0.29, 0.717) is 19.0 Å². The second-order valence-electron chi connectivity index (χ2n) is 7.08. The van der Waals surface area contributed by atoms with Crippen molar-refractivity contribution >= 4 is 17.4 Å². The van der Waals surface area contributed by atoms with Crippen LogP contribution in [0.3, 0.4) is 0 Å². The van der Waals surface area contributed by atoms with Crippen molar-refractivity contribution in [3.05, 3.63) is 51.5 Å². The second-order valence-corrected chi connectivity index (χ2v) is 7.97. The van der Waals surface area contributed by atoms with Crippen LogP contribution in [0.2, 0.25) is 0 Å². The largest absolute Gasteiger partial charge is 0.337 e. The Morgan fingerprint density at radius 3 is 2.79 bits per heavy atom. The molecular formula is C19H23N3OS. The van der Waals surface area contributed by atoms with E-state index in [1.807, 2.05) is 0 Å². The van der Waals surface area contributed by atoms with Gasteiger partial charge < -0.3 is 10.6 Å². The van der Waals surface area contributed by atoms with Crippen LogP contribution < -0.4 is 10.6 Å². The van der Waals surface area contributed by atoms with Gasteiger partial charge in [-0.25, -0.2) is 9.78 Å². The van der Waals surface area contributed by atoms with Crippen molar-refractivity contribution in [1.29, 1.82) is 0 Å². The summed E-state index contributed by atoms with van der Waals surface area (Å²) in [5, 5.41) is 9.27. The van der Waals surface area contributed by atoms with Gasteiger partial charge in [0, 0.05) is 23.3 Å². The van der Waals surface area contributed by atoms with Crippen LogP contribution in [0.15, 0.2) is 29.6 Å². The molecule has 0 aliphatic heterocycles. The molecule has 4 rings (SSSR count). The fourth-order valence-corrected chi connectivity index (χ4v) is 4.26. The topological polar surface area (TPSA) is 54.0 Å². The molecule has 2 aliphatic carbocycles. The first kappa shape index (κ1) is 15.6. The van der Waals surface area contributed by atoms with Crippen molar-refractivity contribution in [2.24, 2.45) is 0 Å².